The van der Waals surface area contributed by atoms with E-state index < -0.39 is 5.97 Å². The highest BCUT2D eigenvalue weighted by atomic mass is 32.2. The molecular weight excluding hydrogens is 282 g/mol. The van der Waals surface area contributed by atoms with E-state index in [1.165, 1.54) is 32.1 Å². The average molecular weight is 307 g/mol. The minimum Gasteiger partial charge on any atom is -0.478 e. The molecule has 1 aromatic rings. The van der Waals surface area contributed by atoms with Crippen LogP contribution in [0.25, 0.3) is 0 Å². The van der Waals surface area contributed by atoms with Crippen molar-refractivity contribution in [1.82, 2.24) is 0 Å². The van der Waals surface area contributed by atoms with Crippen LogP contribution in [0, 0.1) is 5.92 Å². The standard InChI is InChI=1S/C17H25NO2S/c1-2-21-15-11-5-10-14(16(15)17(19)20)18-12-6-9-13-7-3-4-8-13/h5,10-11,13,18H,2-4,6-9,12H2,1H3,(H,19,20). The Bertz CT molecular complexity index is 470. The largest absolute Gasteiger partial charge is 0.478 e. The van der Waals surface area contributed by atoms with E-state index in [9.17, 15) is 9.90 Å². The Balaban J connectivity index is 1.92. The molecule has 0 saturated heterocycles. The number of anilines is 1. The predicted molar refractivity (Wildman–Crippen MR) is 89.5 cm³/mol. The number of benzene rings is 1. The van der Waals surface area contributed by atoms with Crippen molar-refractivity contribution in [2.45, 2.75) is 50.3 Å². The second-order valence-corrected chi connectivity index (χ2v) is 6.94. The fourth-order valence-corrected chi connectivity index (χ4v) is 3.92. The minimum atomic E-state index is -0.843. The molecule has 0 spiro atoms. The van der Waals surface area contributed by atoms with Gasteiger partial charge < -0.3 is 10.4 Å². The van der Waals surface area contributed by atoms with Crippen LogP contribution in [0.1, 0.15) is 55.8 Å². The molecule has 2 rings (SSSR count). The van der Waals surface area contributed by atoms with E-state index in [0.717, 1.165) is 35.2 Å². The third kappa shape index (κ3) is 4.67. The first-order valence-electron chi connectivity index (χ1n) is 7.95. The predicted octanol–water partition coefficient (Wildman–Crippen LogP) is 4.88. The average Bonchev–Trinajstić information content (AvgIpc) is 2.97. The number of carbonyl (C=O) groups is 1. The summed E-state index contributed by atoms with van der Waals surface area (Å²) < 4.78 is 0. The Hall–Kier alpha value is -1.16. The van der Waals surface area contributed by atoms with Gasteiger partial charge in [-0.05, 0) is 36.6 Å². The van der Waals surface area contributed by atoms with Gasteiger partial charge in [-0.3, -0.25) is 0 Å². The minimum absolute atomic E-state index is 0.421. The summed E-state index contributed by atoms with van der Waals surface area (Å²) in [7, 11) is 0. The van der Waals surface area contributed by atoms with Crippen LogP contribution in [0.4, 0.5) is 5.69 Å². The molecule has 1 saturated carbocycles. The third-order valence-corrected chi connectivity index (χ3v) is 5.06. The van der Waals surface area contributed by atoms with Crippen LogP contribution >= 0.6 is 11.8 Å². The van der Waals surface area contributed by atoms with Gasteiger partial charge in [-0.1, -0.05) is 38.7 Å². The van der Waals surface area contributed by atoms with Crippen LogP contribution < -0.4 is 5.32 Å². The summed E-state index contributed by atoms with van der Waals surface area (Å²) in [6, 6.07) is 5.70. The molecule has 0 heterocycles. The smallest absolute Gasteiger partial charge is 0.338 e. The molecule has 116 valence electrons. The van der Waals surface area contributed by atoms with Crippen LogP contribution in [0.15, 0.2) is 23.1 Å². The van der Waals surface area contributed by atoms with Gasteiger partial charge in [0.25, 0.3) is 0 Å². The summed E-state index contributed by atoms with van der Waals surface area (Å²) in [5, 5.41) is 12.8. The molecule has 1 aliphatic carbocycles. The van der Waals surface area contributed by atoms with Gasteiger partial charge in [0.15, 0.2) is 0 Å². The molecule has 0 amide bonds. The van der Waals surface area contributed by atoms with E-state index in [1.54, 1.807) is 11.8 Å². The summed E-state index contributed by atoms with van der Waals surface area (Å²) in [5.41, 5.74) is 1.18. The van der Waals surface area contributed by atoms with Crippen molar-refractivity contribution in [3.8, 4) is 0 Å². The van der Waals surface area contributed by atoms with Crippen molar-refractivity contribution >= 4 is 23.4 Å². The van der Waals surface area contributed by atoms with Crippen LogP contribution in [0.3, 0.4) is 0 Å². The number of aromatic carboxylic acids is 1. The normalized spacial score (nSPS) is 15.3. The Morgan fingerprint density at radius 1 is 1.38 bits per heavy atom. The quantitative estimate of drug-likeness (QED) is 0.531. The zero-order valence-electron chi connectivity index (χ0n) is 12.7. The van der Waals surface area contributed by atoms with Crippen molar-refractivity contribution in [1.29, 1.82) is 0 Å². The summed E-state index contributed by atoms with van der Waals surface area (Å²) in [5.74, 6) is 0.934. The van der Waals surface area contributed by atoms with Gasteiger partial charge in [-0.15, -0.1) is 11.8 Å². The van der Waals surface area contributed by atoms with Gasteiger partial charge >= 0.3 is 5.97 Å². The van der Waals surface area contributed by atoms with Crippen LogP contribution in [-0.2, 0) is 0 Å². The maximum atomic E-state index is 11.5. The summed E-state index contributed by atoms with van der Waals surface area (Å²) >= 11 is 1.58. The molecule has 1 fully saturated rings. The molecule has 4 heteroatoms. The first kappa shape index (κ1) is 16.2. The second-order valence-electron chi connectivity index (χ2n) is 5.64. The van der Waals surface area contributed by atoms with Crippen LogP contribution in [-0.4, -0.2) is 23.4 Å². The second kappa shape index (κ2) is 8.32. The molecule has 1 aromatic carbocycles. The number of thioether (sulfide) groups is 1. The number of hydrogen-bond acceptors (Lipinski definition) is 3. The number of nitrogens with one attached hydrogen (secondary N) is 1. The topological polar surface area (TPSA) is 49.3 Å². The number of rotatable bonds is 8. The molecule has 2 N–H and O–H groups in total. The van der Waals surface area contributed by atoms with Crippen molar-refractivity contribution in [2.24, 2.45) is 5.92 Å². The molecule has 0 unspecified atom stereocenters. The van der Waals surface area contributed by atoms with Crippen molar-refractivity contribution in [3.05, 3.63) is 23.8 Å². The van der Waals surface area contributed by atoms with E-state index >= 15 is 0 Å². The lowest BCUT2D eigenvalue weighted by atomic mass is 10.0. The maximum Gasteiger partial charge on any atom is 0.338 e. The summed E-state index contributed by atoms with van der Waals surface area (Å²) in [4.78, 5) is 12.4. The lowest BCUT2D eigenvalue weighted by Crippen LogP contribution is -2.10. The number of carboxylic acids is 1. The fourth-order valence-electron chi connectivity index (χ4n) is 3.09. The zero-order valence-corrected chi connectivity index (χ0v) is 13.5. The lowest BCUT2D eigenvalue weighted by molar-refractivity contribution is 0.0694. The molecule has 0 radical (unpaired) electrons. The summed E-state index contributed by atoms with van der Waals surface area (Å²) in [6.45, 7) is 2.90. The molecule has 0 atom stereocenters. The zero-order chi connectivity index (χ0) is 15.1. The fraction of sp³-hybridized carbons (Fsp3) is 0.588. The van der Waals surface area contributed by atoms with E-state index in [1.807, 2.05) is 25.1 Å². The lowest BCUT2D eigenvalue weighted by Gasteiger charge is -2.14. The monoisotopic (exact) mass is 307 g/mol. The van der Waals surface area contributed by atoms with Gasteiger partial charge in [0.05, 0.1) is 5.56 Å². The first-order valence-corrected chi connectivity index (χ1v) is 8.94. The van der Waals surface area contributed by atoms with Crippen molar-refractivity contribution in [2.75, 3.05) is 17.6 Å². The van der Waals surface area contributed by atoms with E-state index in [2.05, 4.69) is 5.32 Å². The Labute approximate surface area is 131 Å². The third-order valence-electron chi connectivity index (χ3n) is 4.12. The molecule has 0 aliphatic heterocycles. The van der Waals surface area contributed by atoms with Crippen molar-refractivity contribution in [3.63, 3.8) is 0 Å². The molecule has 0 aromatic heterocycles. The highest BCUT2D eigenvalue weighted by Gasteiger charge is 2.16. The Morgan fingerprint density at radius 2 is 2.14 bits per heavy atom. The molecule has 0 bridgehead atoms. The number of hydrogen-bond donors (Lipinski definition) is 2. The van der Waals surface area contributed by atoms with Crippen molar-refractivity contribution < 1.29 is 9.90 Å². The molecule has 21 heavy (non-hydrogen) atoms. The van der Waals surface area contributed by atoms with Crippen LogP contribution in [0.2, 0.25) is 0 Å². The van der Waals surface area contributed by atoms with E-state index in [4.69, 9.17) is 0 Å². The van der Waals surface area contributed by atoms with Gasteiger partial charge in [0.2, 0.25) is 0 Å². The van der Waals surface area contributed by atoms with Crippen LogP contribution in [0.5, 0.6) is 0 Å². The summed E-state index contributed by atoms with van der Waals surface area (Å²) in [6.07, 6.45) is 7.91. The van der Waals surface area contributed by atoms with Gasteiger partial charge in [0.1, 0.15) is 0 Å². The highest BCUT2D eigenvalue weighted by molar-refractivity contribution is 7.99. The van der Waals surface area contributed by atoms with Gasteiger partial charge in [-0.2, -0.15) is 0 Å². The van der Waals surface area contributed by atoms with E-state index in [0.29, 0.717) is 5.56 Å². The first-order chi connectivity index (χ1) is 10.2. The molecule has 1 aliphatic rings. The van der Waals surface area contributed by atoms with Gasteiger partial charge in [-0.25, -0.2) is 4.79 Å². The SMILES string of the molecule is CCSc1cccc(NCCCC2CCCC2)c1C(=O)O. The van der Waals surface area contributed by atoms with E-state index in [-0.39, 0.29) is 0 Å². The molecule has 3 nitrogen and oxygen atoms in total. The Kier molecular flexibility index (Phi) is 6.43. The Morgan fingerprint density at radius 3 is 2.81 bits per heavy atom. The maximum absolute atomic E-state index is 11.5. The van der Waals surface area contributed by atoms with Gasteiger partial charge in [0, 0.05) is 17.1 Å². The number of carboxylic acid groups (broad SMARTS) is 1. The molecular formula is C17H25NO2S. The highest BCUT2D eigenvalue weighted by Crippen LogP contribution is 2.30.